The first kappa shape index (κ1) is 12.9. The Morgan fingerprint density at radius 2 is 2.05 bits per heavy atom. The van der Waals surface area contributed by atoms with Crippen LogP contribution in [0.5, 0.6) is 0 Å². The summed E-state index contributed by atoms with van der Waals surface area (Å²) >= 11 is 0. The van der Waals surface area contributed by atoms with Crippen molar-refractivity contribution in [2.24, 2.45) is 5.92 Å². The van der Waals surface area contributed by atoms with Gasteiger partial charge >= 0.3 is 6.18 Å². The Morgan fingerprint density at radius 3 is 2.81 bits per heavy atom. The molecule has 110 valence electrons. The number of aromatic nitrogens is 2. The molecule has 0 saturated carbocycles. The number of hydrogen-bond acceptors (Lipinski definition) is 1. The molecule has 2 aliphatic rings. The van der Waals surface area contributed by atoms with Crippen molar-refractivity contribution in [3.63, 3.8) is 0 Å². The number of rotatable bonds is 0. The van der Waals surface area contributed by atoms with Gasteiger partial charge in [0.2, 0.25) is 0 Å². The van der Waals surface area contributed by atoms with Crippen molar-refractivity contribution in [3.8, 4) is 0 Å². The highest BCUT2D eigenvalue weighted by Crippen LogP contribution is 2.56. The number of H-pyrrole nitrogens is 1. The van der Waals surface area contributed by atoms with E-state index >= 15 is 0 Å². The van der Waals surface area contributed by atoms with Crippen LogP contribution in [-0.4, -0.2) is 16.4 Å². The molecule has 0 bridgehead atoms. The summed E-state index contributed by atoms with van der Waals surface area (Å²) < 4.78 is 54.5. The van der Waals surface area contributed by atoms with Gasteiger partial charge in [-0.15, -0.1) is 0 Å². The lowest BCUT2D eigenvalue weighted by Gasteiger charge is -2.26. The van der Waals surface area contributed by atoms with Crippen molar-refractivity contribution in [1.82, 2.24) is 10.2 Å². The molecule has 2 nitrogen and oxygen atoms in total. The molecule has 2 aliphatic carbocycles. The van der Waals surface area contributed by atoms with E-state index in [4.69, 9.17) is 0 Å². The molecule has 21 heavy (non-hydrogen) atoms. The van der Waals surface area contributed by atoms with E-state index in [2.05, 4.69) is 10.2 Å². The molecule has 1 aromatic carbocycles. The van der Waals surface area contributed by atoms with Crippen molar-refractivity contribution < 1.29 is 17.6 Å². The minimum atomic E-state index is -4.39. The number of alkyl halides is 4. The van der Waals surface area contributed by atoms with Gasteiger partial charge in [0.05, 0.1) is 11.7 Å². The van der Waals surface area contributed by atoms with E-state index in [0.29, 0.717) is 34.9 Å². The van der Waals surface area contributed by atoms with Crippen LogP contribution in [0.25, 0.3) is 16.5 Å². The van der Waals surface area contributed by atoms with Crippen molar-refractivity contribution in [2.75, 3.05) is 0 Å². The molecule has 6 heteroatoms. The van der Waals surface area contributed by atoms with Crippen LogP contribution in [0.2, 0.25) is 0 Å². The molecule has 1 aromatic heterocycles. The molecule has 2 atom stereocenters. The summed E-state index contributed by atoms with van der Waals surface area (Å²) in [5.74, 6) is -0.675. The van der Waals surface area contributed by atoms with Gasteiger partial charge in [0.25, 0.3) is 0 Å². The lowest BCUT2D eigenvalue weighted by Crippen LogP contribution is -2.20. The van der Waals surface area contributed by atoms with Crippen molar-refractivity contribution in [2.45, 2.75) is 31.6 Å². The highest BCUT2D eigenvalue weighted by atomic mass is 19.4. The zero-order valence-electron chi connectivity index (χ0n) is 11.0. The van der Waals surface area contributed by atoms with Gasteiger partial charge in [0.1, 0.15) is 6.17 Å². The minimum Gasteiger partial charge on any atom is -0.278 e. The summed E-state index contributed by atoms with van der Waals surface area (Å²) in [6.45, 7) is 0. The Bertz CT molecular complexity index is 757. The predicted octanol–water partition coefficient (Wildman–Crippen LogP) is 4.70. The minimum absolute atomic E-state index is 0.0229. The maximum atomic E-state index is 14.8. The third-order valence-corrected chi connectivity index (χ3v) is 4.57. The summed E-state index contributed by atoms with van der Waals surface area (Å²) in [4.78, 5) is 0. The zero-order chi connectivity index (χ0) is 14.8. The first-order valence-corrected chi connectivity index (χ1v) is 6.89. The molecule has 0 saturated heterocycles. The Balaban J connectivity index is 2.05. The van der Waals surface area contributed by atoms with Crippen LogP contribution in [0.1, 0.15) is 36.6 Å². The Kier molecular flexibility index (Phi) is 2.50. The number of nitrogens with zero attached hydrogens (tertiary/aromatic N) is 1. The van der Waals surface area contributed by atoms with Crippen LogP contribution in [-0.2, 0) is 0 Å². The van der Waals surface area contributed by atoms with Gasteiger partial charge in [-0.25, -0.2) is 4.39 Å². The van der Waals surface area contributed by atoms with Gasteiger partial charge in [0.15, 0.2) is 0 Å². The third kappa shape index (κ3) is 1.68. The largest absolute Gasteiger partial charge is 0.412 e. The molecule has 0 amide bonds. The topological polar surface area (TPSA) is 28.7 Å². The standard InChI is InChI=1S/C15H12F4N2/c16-14-8-2-1-3-10(15(17,18)19)12(8)7-4-5-11-9(13(7)14)6-20-21-11/h4-6,8,14H,1-3H2,(H,20,21)/t8?,14-/m1/s1. The number of benzene rings is 1. The highest BCUT2D eigenvalue weighted by Gasteiger charge is 2.47. The fourth-order valence-electron chi connectivity index (χ4n) is 3.72. The van der Waals surface area contributed by atoms with E-state index in [1.807, 2.05) is 0 Å². The molecule has 0 fully saturated rings. The second kappa shape index (κ2) is 4.08. The van der Waals surface area contributed by atoms with Gasteiger partial charge < -0.3 is 0 Å². The van der Waals surface area contributed by atoms with Crippen LogP contribution in [0.4, 0.5) is 17.6 Å². The Morgan fingerprint density at radius 1 is 1.24 bits per heavy atom. The molecule has 4 rings (SSSR count). The van der Waals surface area contributed by atoms with Gasteiger partial charge in [0, 0.05) is 22.4 Å². The summed E-state index contributed by atoms with van der Waals surface area (Å²) in [5.41, 5.74) is 1.05. The van der Waals surface area contributed by atoms with Crippen LogP contribution >= 0.6 is 0 Å². The molecular formula is C15H12F4N2. The Labute approximate surface area is 117 Å². The summed E-state index contributed by atoms with van der Waals surface area (Å²) in [5, 5.41) is 7.19. The van der Waals surface area contributed by atoms with Crippen LogP contribution in [0.3, 0.4) is 0 Å². The Hall–Kier alpha value is -1.85. The van der Waals surface area contributed by atoms with Crippen molar-refractivity contribution >= 4 is 16.5 Å². The maximum absolute atomic E-state index is 14.8. The molecule has 2 aromatic rings. The third-order valence-electron chi connectivity index (χ3n) is 4.57. The fourth-order valence-corrected chi connectivity index (χ4v) is 3.72. The molecule has 1 N–H and O–H groups in total. The van der Waals surface area contributed by atoms with E-state index in [1.165, 1.54) is 6.20 Å². The number of nitrogens with one attached hydrogen (secondary N) is 1. The number of hydrogen-bond donors (Lipinski definition) is 1. The van der Waals surface area contributed by atoms with Crippen LogP contribution in [0, 0.1) is 5.92 Å². The van der Waals surface area contributed by atoms with E-state index < -0.39 is 23.8 Å². The SMILES string of the molecule is F[C@H]1c2c(ccc3[nH]ncc23)C2=C(C(F)(F)F)CCCC21. The average Bonchev–Trinajstić information content (AvgIpc) is 3.01. The summed E-state index contributed by atoms with van der Waals surface area (Å²) in [6.07, 6.45) is -3.46. The fraction of sp³-hybridized carbons (Fsp3) is 0.400. The van der Waals surface area contributed by atoms with Gasteiger partial charge in [-0.2, -0.15) is 18.3 Å². The molecule has 0 spiro atoms. The number of allylic oxidation sites excluding steroid dienone is 2. The van der Waals surface area contributed by atoms with Crippen molar-refractivity contribution in [3.05, 3.63) is 35.0 Å². The predicted molar refractivity (Wildman–Crippen MR) is 70.3 cm³/mol. The first-order chi connectivity index (χ1) is 9.98. The van der Waals surface area contributed by atoms with E-state index in [9.17, 15) is 17.6 Å². The maximum Gasteiger partial charge on any atom is 0.412 e. The molecular weight excluding hydrogens is 284 g/mol. The number of aromatic amines is 1. The second-order valence-corrected chi connectivity index (χ2v) is 5.65. The molecule has 1 heterocycles. The van der Waals surface area contributed by atoms with Gasteiger partial charge in [-0.05, 0) is 36.5 Å². The molecule has 0 aliphatic heterocycles. The van der Waals surface area contributed by atoms with Gasteiger partial charge in [-0.1, -0.05) is 6.07 Å². The average molecular weight is 296 g/mol. The monoisotopic (exact) mass is 296 g/mol. The quantitative estimate of drug-likeness (QED) is 0.701. The summed E-state index contributed by atoms with van der Waals surface area (Å²) in [7, 11) is 0. The van der Waals surface area contributed by atoms with E-state index in [1.54, 1.807) is 12.1 Å². The number of halogens is 4. The van der Waals surface area contributed by atoms with E-state index in [-0.39, 0.29) is 12.0 Å². The summed E-state index contributed by atoms with van der Waals surface area (Å²) in [6, 6.07) is 3.26. The smallest absolute Gasteiger partial charge is 0.278 e. The second-order valence-electron chi connectivity index (χ2n) is 5.65. The van der Waals surface area contributed by atoms with Crippen molar-refractivity contribution in [1.29, 1.82) is 0 Å². The normalized spacial score (nSPS) is 25.3. The molecule has 1 unspecified atom stereocenters. The highest BCUT2D eigenvalue weighted by molar-refractivity contribution is 5.92. The number of fused-ring (bicyclic) bond motifs is 5. The zero-order valence-corrected chi connectivity index (χ0v) is 11.0. The first-order valence-electron chi connectivity index (χ1n) is 6.89. The van der Waals surface area contributed by atoms with Crippen LogP contribution < -0.4 is 0 Å². The molecule has 0 radical (unpaired) electrons. The lowest BCUT2D eigenvalue weighted by atomic mass is 9.82. The lowest BCUT2D eigenvalue weighted by molar-refractivity contribution is -0.0947. The van der Waals surface area contributed by atoms with Gasteiger partial charge in [-0.3, -0.25) is 5.10 Å². The van der Waals surface area contributed by atoms with E-state index in [0.717, 1.165) is 0 Å². The van der Waals surface area contributed by atoms with Crippen LogP contribution in [0.15, 0.2) is 23.9 Å².